The zero-order valence-corrected chi connectivity index (χ0v) is 12.8. The lowest BCUT2D eigenvalue weighted by Crippen LogP contribution is -2.34. The van der Waals surface area contributed by atoms with E-state index in [-0.39, 0.29) is 18.6 Å². The second kappa shape index (κ2) is 6.65. The Hall–Kier alpha value is -1.29. The van der Waals surface area contributed by atoms with Crippen molar-refractivity contribution < 1.29 is 13.9 Å². The van der Waals surface area contributed by atoms with Crippen LogP contribution in [0, 0.1) is 0 Å². The van der Waals surface area contributed by atoms with Gasteiger partial charge in [0.15, 0.2) is 0 Å². The van der Waals surface area contributed by atoms with E-state index in [2.05, 4.69) is 6.92 Å². The molecular weight excluding hydrogens is 266 g/mol. The summed E-state index contributed by atoms with van der Waals surface area (Å²) < 4.78 is 11.6. The Morgan fingerprint density at radius 3 is 2.81 bits per heavy atom. The van der Waals surface area contributed by atoms with Crippen molar-refractivity contribution in [1.29, 1.82) is 0 Å². The minimum atomic E-state index is 0.102. The van der Waals surface area contributed by atoms with Crippen LogP contribution in [-0.4, -0.2) is 30.1 Å². The third-order valence-electron chi connectivity index (χ3n) is 4.68. The number of hydrogen-bond acceptors (Lipinski definition) is 3. The van der Waals surface area contributed by atoms with Gasteiger partial charge >= 0.3 is 0 Å². The number of likely N-dealkylation sites (tertiary alicyclic amines) is 1. The molecule has 1 saturated carbocycles. The molecule has 1 amide bonds. The van der Waals surface area contributed by atoms with Crippen LogP contribution in [-0.2, 0) is 16.0 Å². The van der Waals surface area contributed by atoms with Crippen molar-refractivity contribution >= 4 is 5.91 Å². The largest absolute Gasteiger partial charge is 0.464 e. The fourth-order valence-corrected chi connectivity index (χ4v) is 3.45. The van der Waals surface area contributed by atoms with Gasteiger partial charge in [0.25, 0.3) is 0 Å². The molecule has 2 fully saturated rings. The van der Waals surface area contributed by atoms with Crippen LogP contribution in [0.15, 0.2) is 16.5 Å². The van der Waals surface area contributed by atoms with Gasteiger partial charge in [0.2, 0.25) is 5.91 Å². The van der Waals surface area contributed by atoms with Crippen molar-refractivity contribution in [2.75, 3.05) is 13.2 Å². The highest BCUT2D eigenvalue weighted by Gasteiger charge is 2.32. The number of rotatable bonds is 5. The molecule has 0 radical (unpaired) electrons. The van der Waals surface area contributed by atoms with Crippen molar-refractivity contribution in [3.63, 3.8) is 0 Å². The lowest BCUT2D eigenvalue weighted by atomic mass is 10.1. The number of amides is 1. The molecular formula is C17H25NO3. The summed E-state index contributed by atoms with van der Waals surface area (Å²) in [4.78, 5) is 14.4. The molecule has 0 N–H and O–H groups in total. The molecule has 0 spiro atoms. The molecule has 1 atom stereocenters. The zero-order chi connectivity index (χ0) is 14.7. The van der Waals surface area contributed by atoms with Crippen LogP contribution in [0.2, 0.25) is 0 Å². The SMILES string of the molecule is CCc1ccc([C@@H]2CCCN2C(=O)COC2CCCC2)o1. The van der Waals surface area contributed by atoms with Gasteiger partial charge in [-0.1, -0.05) is 19.8 Å². The molecule has 1 aromatic rings. The average molecular weight is 291 g/mol. The molecule has 3 rings (SSSR count). The fraction of sp³-hybridized carbons (Fsp3) is 0.706. The van der Waals surface area contributed by atoms with E-state index in [9.17, 15) is 4.79 Å². The number of hydrogen-bond donors (Lipinski definition) is 0. The van der Waals surface area contributed by atoms with E-state index in [4.69, 9.17) is 9.15 Å². The summed E-state index contributed by atoms with van der Waals surface area (Å²) in [6.45, 7) is 3.12. The Labute approximate surface area is 126 Å². The molecule has 2 aliphatic rings. The van der Waals surface area contributed by atoms with E-state index < -0.39 is 0 Å². The van der Waals surface area contributed by atoms with Crippen LogP contribution in [0.3, 0.4) is 0 Å². The number of furan rings is 1. The summed E-state index contributed by atoms with van der Waals surface area (Å²) in [6.07, 6.45) is 7.91. The Morgan fingerprint density at radius 2 is 2.10 bits per heavy atom. The van der Waals surface area contributed by atoms with Crippen molar-refractivity contribution in [1.82, 2.24) is 4.90 Å². The highest BCUT2D eigenvalue weighted by Crippen LogP contribution is 2.33. The minimum Gasteiger partial charge on any atom is -0.464 e. The van der Waals surface area contributed by atoms with Gasteiger partial charge in [0.05, 0.1) is 12.1 Å². The van der Waals surface area contributed by atoms with Gasteiger partial charge < -0.3 is 14.1 Å². The molecule has 21 heavy (non-hydrogen) atoms. The average Bonchev–Trinajstić information content (AvgIpc) is 3.23. The maximum atomic E-state index is 12.4. The predicted octanol–water partition coefficient (Wildman–Crippen LogP) is 3.46. The van der Waals surface area contributed by atoms with Crippen LogP contribution in [0.1, 0.15) is 63.0 Å². The highest BCUT2D eigenvalue weighted by atomic mass is 16.5. The topological polar surface area (TPSA) is 42.7 Å². The second-order valence-corrected chi connectivity index (χ2v) is 6.12. The van der Waals surface area contributed by atoms with Crippen LogP contribution >= 0.6 is 0 Å². The smallest absolute Gasteiger partial charge is 0.249 e. The number of ether oxygens (including phenoxy) is 1. The lowest BCUT2D eigenvalue weighted by Gasteiger charge is -2.24. The van der Waals surface area contributed by atoms with E-state index in [1.807, 2.05) is 17.0 Å². The van der Waals surface area contributed by atoms with Gasteiger partial charge in [-0.2, -0.15) is 0 Å². The predicted molar refractivity (Wildman–Crippen MR) is 80.0 cm³/mol. The summed E-state index contributed by atoms with van der Waals surface area (Å²) in [6, 6.07) is 4.14. The van der Waals surface area contributed by atoms with E-state index in [1.54, 1.807) is 0 Å². The molecule has 1 aliphatic carbocycles. The standard InChI is InChI=1S/C17H25NO3/c1-2-13-9-10-16(21-13)15-8-5-11-18(15)17(19)12-20-14-6-3-4-7-14/h9-10,14-15H,2-8,11-12H2,1H3/t15-/m0/s1. The highest BCUT2D eigenvalue weighted by molar-refractivity contribution is 5.78. The molecule has 0 unspecified atom stereocenters. The monoisotopic (exact) mass is 291 g/mol. The molecule has 2 heterocycles. The molecule has 1 aliphatic heterocycles. The first kappa shape index (κ1) is 14.6. The summed E-state index contributed by atoms with van der Waals surface area (Å²) in [5.74, 6) is 2.03. The van der Waals surface area contributed by atoms with E-state index in [1.165, 1.54) is 12.8 Å². The maximum absolute atomic E-state index is 12.4. The Bertz CT molecular complexity index is 476. The summed E-state index contributed by atoms with van der Waals surface area (Å²) in [7, 11) is 0. The number of aryl methyl sites for hydroxylation is 1. The van der Waals surface area contributed by atoms with Gasteiger partial charge in [0.1, 0.15) is 18.1 Å². The maximum Gasteiger partial charge on any atom is 0.249 e. The van der Waals surface area contributed by atoms with E-state index in [0.717, 1.165) is 50.2 Å². The first-order chi connectivity index (χ1) is 10.3. The molecule has 1 saturated heterocycles. The van der Waals surface area contributed by atoms with Crippen molar-refractivity contribution in [2.24, 2.45) is 0 Å². The quantitative estimate of drug-likeness (QED) is 0.834. The normalized spacial score (nSPS) is 23.1. The molecule has 4 heteroatoms. The van der Waals surface area contributed by atoms with Crippen LogP contribution in [0.4, 0.5) is 0 Å². The van der Waals surface area contributed by atoms with Crippen molar-refractivity contribution in [3.8, 4) is 0 Å². The first-order valence-corrected chi connectivity index (χ1v) is 8.27. The number of nitrogens with zero attached hydrogens (tertiary/aromatic N) is 1. The molecule has 1 aromatic heterocycles. The molecule has 116 valence electrons. The zero-order valence-electron chi connectivity index (χ0n) is 12.8. The van der Waals surface area contributed by atoms with Crippen LogP contribution in [0.25, 0.3) is 0 Å². The van der Waals surface area contributed by atoms with Gasteiger partial charge in [-0.25, -0.2) is 0 Å². The third kappa shape index (κ3) is 3.31. The van der Waals surface area contributed by atoms with Gasteiger partial charge in [-0.15, -0.1) is 0 Å². The fourth-order valence-electron chi connectivity index (χ4n) is 3.45. The molecule has 0 aromatic carbocycles. The Morgan fingerprint density at radius 1 is 1.29 bits per heavy atom. The first-order valence-electron chi connectivity index (χ1n) is 8.27. The third-order valence-corrected chi connectivity index (χ3v) is 4.68. The van der Waals surface area contributed by atoms with Gasteiger partial charge in [-0.3, -0.25) is 4.79 Å². The van der Waals surface area contributed by atoms with Gasteiger partial charge in [0, 0.05) is 13.0 Å². The summed E-state index contributed by atoms with van der Waals surface area (Å²) in [5.41, 5.74) is 0. The summed E-state index contributed by atoms with van der Waals surface area (Å²) in [5, 5.41) is 0. The summed E-state index contributed by atoms with van der Waals surface area (Å²) >= 11 is 0. The van der Waals surface area contributed by atoms with Crippen molar-refractivity contribution in [3.05, 3.63) is 23.7 Å². The minimum absolute atomic E-state index is 0.102. The van der Waals surface area contributed by atoms with Crippen LogP contribution in [0.5, 0.6) is 0 Å². The lowest BCUT2D eigenvalue weighted by molar-refractivity contribution is -0.139. The van der Waals surface area contributed by atoms with Crippen LogP contribution < -0.4 is 0 Å². The Balaban J connectivity index is 1.58. The Kier molecular flexibility index (Phi) is 4.63. The molecule has 0 bridgehead atoms. The van der Waals surface area contributed by atoms with Gasteiger partial charge in [-0.05, 0) is 37.8 Å². The van der Waals surface area contributed by atoms with Crippen molar-refractivity contribution in [2.45, 2.75) is 64.0 Å². The van der Waals surface area contributed by atoms with E-state index in [0.29, 0.717) is 6.10 Å². The second-order valence-electron chi connectivity index (χ2n) is 6.12. The number of carbonyl (C=O) groups is 1. The number of carbonyl (C=O) groups excluding carboxylic acids is 1. The molecule has 4 nitrogen and oxygen atoms in total. The van der Waals surface area contributed by atoms with E-state index >= 15 is 0 Å².